The van der Waals surface area contributed by atoms with Gasteiger partial charge in [0.05, 0.1) is 0 Å². The van der Waals surface area contributed by atoms with Crippen molar-refractivity contribution in [3.8, 4) is 0 Å². The maximum absolute atomic E-state index is 10.7. The van der Waals surface area contributed by atoms with Gasteiger partial charge in [0.1, 0.15) is 0 Å². The first-order chi connectivity index (χ1) is 5.65. The van der Waals surface area contributed by atoms with Crippen LogP contribution in [0.25, 0.3) is 0 Å². The van der Waals surface area contributed by atoms with E-state index in [2.05, 4.69) is 15.9 Å². The van der Waals surface area contributed by atoms with E-state index >= 15 is 0 Å². The highest BCUT2D eigenvalue weighted by Crippen LogP contribution is 2.14. The van der Waals surface area contributed by atoms with Crippen molar-refractivity contribution in [3.63, 3.8) is 0 Å². The molecule has 0 aromatic heterocycles. The summed E-state index contributed by atoms with van der Waals surface area (Å²) in [6, 6.07) is 4.72. The monoisotopic (exact) mass is 227 g/mol. The fourth-order valence-corrected chi connectivity index (χ4v) is 1.23. The number of carbonyl (C=O) groups is 2. The van der Waals surface area contributed by atoms with Crippen molar-refractivity contribution in [2.24, 2.45) is 5.73 Å². The van der Waals surface area contributed by atoms with Crippen molar-refractivity contribution in [1.82, 2.24) is 0 Å². The minimum Gasteiger partial charge on any atom is -0.366 e. The Bertz CT molecular complexity index is 336. The summed E-state index contributed by atoms with van der Waals surface area (Å²) in [7, 11) is 0. The zero-order chi connectivity index (χ0) is 9.14. The third-order valence-electron chi connectivity index (χ3n) is 1.41. The van der Waals surface area contributed by atoms with Gasteiger partial charge in [0.15, 0.2) is 6.29 Å². The number of primary amides is 1. The molecule has 0 aliphatic carbocycles. The van der Waals surface area contributed by atoms with Gasteiger partial charge < -0.3 is 5.73 Å². The van der Waals surface area contributed by atoms with E-state index in [0.717, 1.165) is 4.47 Å². The van der Waals surface area contributed by atoms with E-state index in [1.807, 2.05) is 0 Å². The Morgan fingerprint density at radius 1 is 1.50 bits per heavy atom. The van der Waals surface area contributed by atoms with Gasteiger partial charge >= 0.3 is 0 Å². The smallest absolute Gasteiger partial charge is 0.249 e. The van der Waals surface area contributed by atoms with Crippen LogP contribution in [0.2, 0.25) is 0 Å². The molecule has 0 radical (unpaired) electrons. The standard InChI is InChI=1S/C8H6BrNO2/c9-6-1-2-7(8(10)12)5(3-6)4-11/h1-4H,(H2,10,12). The van der Waals surface area contributed by atoms with Gasteiger partial charge in [-0.15, -0.1) is 0 Å². The molecule has 0 heterocycles. The largest absolute Gasteiger partial charge is 0.366 e. The Labute approximate surface area is 77.7 Å². The van der Waals surface area contributed by atoms with Crippen LogP contribution in [0.3, 0.4) is 0 Å². The maximum atomic E-state index is 10.7. The maximum Gasteiger partial charge on any atom is 0.249 e. The summed E-state index contributed by atoms with van der Waals surface area (Å²) in [5.74, 6) is -0.593. The van der Waals surface area contributed by atoms with Crippen LogP contribution in [-0.4, -0.2) is 12.2 Å². The number of rotatable bonds is 2. The average molecular weight is 228 g/mol. The fourth-order valence-electron chi connectivity index (χ4n) is 0.855. The number of hydrogen-bond donors (Lipinski definition) is 1. The van der Waals surface area contributed by atoms with Crippen molar-refractivity contribution in [2.45, 2.75) is 0 Å². The molecule has 0 saturated carbocycles. The van der Waals surface area contributed by atoms with Gasteiger partial charge in [0, 0.05) is 15.6 Å². The predicted octanol–water partition coefficient (Wildman–Crippen LogP) is 1.36. The molecular formula is C8H6BrNO2. The molecule has 1 aromatic rings. The Morgan fingerprint density at radius 2 is 2.17 bits per heavy atom. The molecule has 2 N–H and O–H groups in total. The van der Waals surface area contributed by atoms with E-state index < -0.39 is 5.91 Å². The van der Waals surface area contributed by atoms with Crippen molar-refractivity contribution < 1.29 is 9.59 Å². The highest BCUT2D eigenvalue weighted by atomic mass is 79.9. The number of carbonyl (C=O) groups excluding carboxylic acids is 2. The molecule has 0 saturated heterocycles. The van der Waals surface area contributed by atoms with E-state index in [4.69, 9.17) is 5.73 Å². The highest BCUT2D eigenvalue weighted by molar-refractivity contribution is 9.10. The number of hydrogen-bond acceptors (Lipinski definition) is 2. The summed E-state index contributed by atoms with van der Waals surface area (Å²) < 4.78 is 0.745. The number of aldehydes is 1. The summed E-state index contributed by atoms with van der Waals surface area (Å²) in [6.07, 6.45) is 0.602. The van der Waals surface area contributed by atoms with E-state index in [1.54, 1.807) is 12.1 Å². The second-order valence-corrected chi connectivity index (χ2v) is 3.13. The van der Waals surface area contributed by atoms with Gasteiger partial charge in [-0.3, -0.25) is 9.59 Å². The quantitative estimate of drug-likeness (QED) is 0.776. The van der Waals surface area contributed by atoms with Gasteiger partial charge in [0.2, 0.25) is 5.91 Å². The number of benzene rings is 1. The van der Waals surface area contributed by atoms with E-state index in [1.165, 1.54) is 6.07 Å². The normalized spacial score (nSPS) is 9.42. The van der Waals surface area contributed by atoms with E-state index in [0.29, 0.717) is 11.8 Å². The Balaban J connectivity index is 3.29. The lowest BCUT2D eigenvalue weighted by molar-refractivity contribution is 0.0993. The van der Waals surface area contributed by atoms with E-state index in [-0.39, 0.29) is 5.56 Å². The SMILES string of the molecule is NC(=O)c1ccc(Br)cc1C=O. The second-order valence-electron chi connectivity index (χ2n) is 2.21. The minimum atomic E-state index is -0.593. The van der Waals surface area contributed by atoms with Gasteiger partial charge in [-0.1, -0.05) is 15.9 Å². The van der Waals surface area contributed by atoms with Crippen LogP contribution < -0.4 is 5.73 Å². The molecule has 0 spiro atoms. The number of nitrogens with two attached hydrogens (primary N) is 1. The summed E-state index contributed by atoms with van der Waals surface area (Å²) >= 11 is 3.18. The molecule has 1 amide bonds. The molecule has 3 nitrogen and oxygen atoms in total. The number of halogens is 1. The highest BCUT2D eigenvalue weighted by Gasteiger charge is 2.06. The first-order valence-corrected chi connectivity index (χ1v) is 3.99. The van der Waals surface area contributed by atoms with Crippen LogP contribution >= 0.6 is 15.9 Å². The lowest BCUT2D eigenvalue weighted by Crippen LogP contribution is -2.13. The predicted molar refractivity (Wildman–Crippen MR) is 48.0 cm³/mol. The summed E-state index contributed by atoms with van der Waals surface area (Å²) in [4.78, 5) is 21.2. The van der Waals surface area contributed by atoms with Crippen molar-refractivity contribution >= 4 is 28.1 Å². The Kier molecular flexibility index (Phi) is 2.60. The van der Waals surface area contributed by atoms with Crippen LogP contribution in [0.15, 0.2) is 22.7 Å². The molecule has 1 aromatic carbocycles. The lowest BCUT2D eigenvalue weighted by Gasteiger charge is -1.99. The minimum absolute atomic E-state index is 0.244. The molecule has 1 rings (SSSR count). The van der Waals surface area contributed by atoms with Crippen molar-refractivity contribution in [1.29, 1.82) is 0 Å². The molecule has 0 unspecified atom stereocenters. The first kappa shape index (κ1) is 8.93. The van der Waals surface area contributed by atoms with Crippen molar-refractivity contribution in [3.05, 3.63) is 33.8 Å². The molecular weight excluding hydrogens is 222 g/mol. The van der Waals surface area contributed by atoms with Gasteiger partial charge in [-0.2, -0.15) is 0 Å². The van der Waals surface area contributed by atoms with E-state index in [9.17, 15) is 9.59 Å². The molecule has 0 aliphatic rings. The molecule has 0 fully saturated rings. The van der Waals surface area contributed by atoms with Crippen LogP contribution in [-0.2, 0) is 0 Å². The third kappa shape index (κ3) is 1.71. The number of amides is 1. The lowest BCUT2D eigenvalue weighted by atomic mass is 10.1. The summed E-state index contributed by atoms with van der Waals surface area (Å²) in [5, 5.41) is 0. The molecule has 62 valence electrons. The molecule has 12 heavy (non-hydrogen) atoms. The van der Waals surface area contributed by atoms with Crippen LogP contribution in [0, 0.1) is 0 Å². The molecule has 0 atom stereocenters. The zero-order valence-electron chi connectivity index (χ0n) is 6.08. The topological polar surface area (TPSA) is 60.2 Å². The van der Waals surface area contributed by atoms with Crippen LogP contribution in [0.5, 0.6) is 0 Å². The summed E-state index contributed by atoms with van der Waals surface area (Å²) in [5.41, 5.74) is 5.57. The first-order valence-electron chi connectivity index (χ1n) is 3.19. The van der Waals surface area contributed by atoms with Gasteiger partial charge in [-0.25, -0.2) is 0 Å². The second kappa shape index (κ2) is 3.49. The summed E-state index contributed by atoms with van der Waals surface area (Å²) in [6.45, 7) is 0. The van der Waals surface area contributed by atoms with Crippen molar-refractivity contribution in [2.75, 3.05) is 0 Å². The van der Waals surface area contributed by atoms with Crippen LogP contribution in [0.4, 0.5) is 0 Å². The fraction of sp³-hybridized carbons (Fsp3) is 0. The van der Waals surface area contributed by atoms with Gasteiger partial charge in [0.25, 0.3) is 0 Å². The molecule has 0 aliphatic heterocycles. The third-order valence-corrected chi connectivity index (χ3v) is 1.90. The zero-order valence-corrected chi connectivity index (χ0v) is 7.67. The Hall–Kier alpha value is -1.16. The van der Waals surface area contributed by atoms with Gasteiger partial charge in [-0.05, 0) is 18.2 Å². The molecule has 0 bridgehead atoms. The molecule has 4 heteroatoms. The average Bonchev–Trinajstić information content (AvgIpc) is 2.03. The Morgan fingerprint density at radius 3 is 2.67 bits per heavy atom. The van der Waals surface area contributed by atoms with Crippen LogP contribution in [0.1, 0.15) is 20.7 Å².